The van der Waals surface area contributed by atoms with Gasteiger partial charge in [0.05, 0.1) is 42.7 Å². The quantitative estimate of drug-likeness (QED) is 0.216. The topological polar surface area (TPSA) is 94.7 Å². The fourth-order valence-corrected chi connectivity index (χ4v) is 9.51. The van der Waals surface area contributed by atoms with Crippen molar-refractivity contribution >= 4 is 49.7 Å². The van der Waals surface area contributed by atoms with Crippen LogP contribution in [0, 0.1) is 23.0 Å². The van der Waals surface area contributed by atoms with Gasteiger partial charge in [-0.2, -0.15) is 15.2 Å². The van der Waals surface area contributed by atoms with Crippen LogP contribution in [0.1, 0.15) is 55.9 Å². The number of halogens is 6. The third-order valence-corrected chi connectivity index (χ3v) is 12.0. The number of rotatable bonds is 5. The van der Waals surface area contributed by atoms with E-state index in [0.717, 1.165) is 25.5 Å². The number of alkyl halides is 3. The molecule has 0 aliphatic carbocycles. The van der Waals surface area contributed by atoms with E-state index in [4.69, 9.17) is 26.1 Å². The minimum absolute atomic E-state index is 0.00765. The maximum Gasteiger partial charge on any atom is 0.319 e. The number of fused-ring (bicyclic) bond motifs is 4. The van der Waals surface area contributed by atoms with Gasteiger partial charge in [-0.3, -0.25) is 4.90 Å². The van der Waals surface area contributed by atoms with Crippen molar-refractivity contribution in [1.82, 2.24) is 14.9 Å². The van der Waals surface area contributed by atoms with E-state index < -0.39 is 51.9 Å². The van der Waals surface area contributed by atoms with E-state index >= 15 is 8.78 Å². The van der Waals surface area contributed by atoms with Crippen LogP contribution in [0.25, 0.3) is 32.1 Å². The molecule has 8 rings (SSSR count). The Morgan fingerprint density at radius 3 is 2.77 bits per heavy atom. The summed E-state index contributed by atoms with van der Waals surface area (Å²) < 4.78 is 86.8. The molecular formula is C33H29ClF5N5O3S. The molecule has 3 unspecified atom stereocenters. The normalized spacial score (nSPS) is 26.9. The monoisotopic (exact) mass is 705 g/mol. The molecule has 2 aromatic heterocycles. The zero-order valence-corrected chi connectivity index (χ0v) is 27.2. The lowest BCUT2D eigenvalue weighted by molar-refractivity contribution is -0.00671. The number of thiophene rings is 1. The molecule has 48 heavy (non-hydrogen) atoms. The molecule has 15 heteroatoms. The summed E-state index contributed by atoms with van der Waals surface area (Å²) in [5.41, 5.74) is -2.92. The third kappa shape index (κ3) is 4.64. The lowest BCUT2D eigenvalue weighted by Crippen LogP contribution is -2.58. The van der Waals surface area contributed by atoms with Gasteiger partial charge in [-0.25, -0.2) is 22.0 Å². The first kappa shape index (κ1) is 31.7. The van der Waals surface area contributed by atoms with E-state index in [-0.39, 0.29) is 67.9 Å². The highest BCUT2D eigenvalue weighted by Gasteiger charge is 2.50. The van der Waals surface area contributed by atoms with Gasteiger partial charge in [-0.15, -0.1) is 11.3 Å². The summed E-state index contributed by atoms with van der Waals surface area (Å²) >= 11 is 7.37. The van der Waals surface area contributed by atoms with E-state index in [2.05, 4.69) is 9.88 Å². The number of nitriles is 1. The number of piperidine rings is 1. The molecule has 8 nitrogen and oxygen atoms in total. The van der Waals surface area contributed by atoms with Gasteiger partial charge in [0.15, 0.2) is 11.6 Å². The molecule has 2 aromatic carbocycles. The minimum atomic E-state index is -3.07. The second-order valence-corrected chi connectivity index (χ2v) is 14.7. The Hall–Kier alpha value is -3.51. The maximum atomic E-state index is 17.1. The smallest absolute Gasteiger partial charge is 0.319 e. The summed E-state index contributed by atoms with van der Waals surface area (Å²) in [4.78, 5) is 12.5. The van der Waals surface area contributed by atoms with E-state index in [1.165, 1.54) is 6.07 Å². The minimum Gasteiger partial charge on any atom is -0.489 e. The molecule has 6 heterocycles. The van der Waals surface area contributed by atoms with E-state index in [1.54, 1.807) is 13.0 Å². The third-order valence-electron chi connectivity index (χ3n) is 10.4. The average molecular weight is 706 g/mol. The van der Waals surface area contributed by atoms with E-state index in [1.807, 2.05) is 4.90 Å². The summed E-state index contributed by atoms with van der Waals surface area (Å²) in [7, 11) is 0. The molecule has 1 N–H and O–H groups in total. The molecule has 0 radical (unpaired) electrons. The van der Waals surface area contributed by atoms with Gasteiger partial charge >= 0.3 is 6.01 Å². The molecule has 0 amide bonds. The first-order chi connectivity index (χ1) is 22.9. The van der Waals surface area contributed by atoms with Crippen molar-refractivity contribution in [2.75, 3.05) is 37.7 Å². The van der Waals surface area contributed by atoms with Gasteiger partial charge in [0.25, 0.3) is 6.43 Å². The Labute approximate surface area is 280 Å². The van der Waals surface area contributed by atoms with Crippen molar-refractivity contribution in [3.05, 3.63) is 39.2 Å². The zero-order chi connectivity index (χ0) is 33.7. The zero-order valence-electron chi connectivity index (χ0n) is 25.6. The van der Waals surface area contributed by atoms with Crippen LogP contribution >= 0.6 is 22.9 Å². The Kier molecular flexibility index (Phi) is 7.45. The summed E-state index contributed by atoms with van der Waals surface area (Å²) in [6, 6.07) is 3.14. The van der Waals surface area contributed by atoms with Crippen LogP contribution < -0.4 is 14.4 Å². The number of aliphatic hydroxyl groups is 1. The van der Waals surface area contributed by atoms with Gasteiger partial charge in [0, 0.05) is 30.5 Å². The highest BCUT2D eigenvalue weighted by Crippen LogP contribution is 2.52. The molecule has 0 saturated carbocycles. The maximum absolute atomic E-state index is 17.1. The van der Waals surface area contributed by atoms with Crippen molar-refractivity contribution in [2.45, 2.75) is 68.8 Å². The molecule has 3 fully saturated rings. The van der Waals surface area contributed by atoms with Gasteiger partial charge in [0.2, 0.25) is 0 Å². The fraction of sp³-hybridized carbons (Fsp3) is 0.485. The number of ether oxygens (including phenoxy) is 2. The largest absolute Gasteiger partial charge is 0.489 e. The van der Waals surface area contributed by atoms with Crippen molar-refractivity contribution < 1.29 is 36.5 Å². The summed E-state index contributed by atoms with van der Waals surface area (Å²) in [6.45, 7) is 3.19. The van der Waals surface area contributed by atoms with Gasteiger partial charge in [-0.1, -0.05) is 17.7 Å². The average Bonchev–Trinajstić information content (AvgIpc) is 3.67. The molecule has 3 saturated heterocycles. The lowest BCUT2D eigenvalue weighted by atomic mass is 9.86. The standard InChI is InChI=1S/C33H29ClF5N5O3S/c1-32(45)6-2-9-44-19(32)13-46-26-22-25(41-31(42-30(22)44)47-14-33-7-3-8-43(33)12-15(35)10-33)24(37)21(23(26)34)16-4-5-18(36)28-20(16)17(11-40)27(48-28)29(38)39/h4-5,15,19,29,45H,2-3,6-10,12-14H2,1H3/t15-,19?,32?,33?/m1/s1. The molecule has 0 bridgehead atoms. The Balaban J connectivity index is 1.36. The number of hydrogen-bond acceptors (Lipinski definition) is 9. The van der Waals surface area contributed by atoms with Crippen LogP contribution in [-0.2, 0) is 0 Å². The number of aromatic nitrogens is 2. The van der Waals surface area contributed by atoms with Gasteiger partial charge in [0.1, 0.15) is 42.6 Å². The highest BCUT2D eigenvalue weighted by atomic mass is 35.5. The van der Waals surface area contributed by atoms with Crippen LogP contribution in [0.15, 0.2) is 12.1 Å². The Morgan fingerprint density at radius 2 is 2.00 bits per heavy atom. The van der Waals surface area contributed by atoms with Crippen molar-refractivity contribution in [3.63, 3.8) is 0 Å². The predicted molar refractivity (Wildman–Crippen MR) is 170 cm³/mol. The molecule has 0 spiro atoms. The second kappa shape index (κ2) is 11.3. The van der Waals surface area contributed by atoms with Crippen LogP contribution in [0.4, 0.5) is 27.8 Å². The Morgan fingerprint density at radius 1 is 1.21 bits per heavy atom. The molecule has 4 atom stereocenters. The highest BCUT2D eigenvalue weighted by molar-refractivity contribution is 7.19. The van der Waals surface area contributed by atoms with E-state index in [9.17, 15) is 23.5 Å². The van der Waals surface area contributed by atoms with Crippen LogP contribution in [-0.4, -0.2) is 76.2 Å². The molecule has 4 aliphatic heterocycles. The van der Waals surface area contributed by atoms with Crippen molar-refractivity contribution in [3.8, 4) is 29.0 Å². The molecular weight excluding hydrogens is 677 g/mol. The Bertz CT molecular complexity index is 2040. The summed E-state index contributed by atoms with van der Waals surface area (Å²) in [5.74, 6) is -1.61. The summed E-state index contributed by atoms with van der Waals surface area (Å²) in [6.07, 6.45) is -1.11. The van der Waals surface area contributed by atoms with Crippen LogP contribution in [0.3, 0.4) is 0 Å². The van der Waals surface area contributed by atoms with Crippen molar-refractivity contribution in [1.29, 1.82) is 5.26 Å². The number of anilines is 1. The molecule has 4 aliphatic rings. The SMILES string of the molecule is CC1(O)CCCN2c3nc(OCC45CCCN4C[C@H](F)C5)nc4c(F)c(-c5ccc(F)c6sc(C(F)F)c(C#N)c56)c(Cl)c(c34)OCC21. The second-order valence-electron chi connectivity index (χ2n) is 13.3. The summed E-state index contributed by atoms with van der Waals surface area (Å²) in [5, 5.41) is 21.0. The molecule has 252 valence electrons. The lowest BCUT2D eigenvalue weighted by Gasteiger charge is -2.44. The van der Waals surface area contributed by atoms with Crippen LogP contribution in [0.2, 0.25) is 5.02 Å². The fourth-order valence-electron chi connectivity index (χ4n) is 8.14. The van der Waals surface area contributed by atoms with Gasteiger partial charge in [-0.05, 0) is 50.8 Å². The van der Waals surface area contributed by atoms with Crippen molar-refractivity contribution in [2.24, 2.45) is 0 Å². The first-order valence-corrected chi connectivity index (χ1v) is 16.9. The van der Waals surface area contributed by atoms with Gasteiger partial charge < -0.3 is 19.5 Å². The number of benzene rings is 2. The first-order valence-electron chi connectivity index (χ1n) is 15.7. The molecule has 4 aromatic rings. The van der Waals surface area contributed by atoms with Crippen LogP contribution in [0.5, 0.6) is 11.8 Å². The van der Waals surface area contributed by atoms with E-state index in [0.29, 0.717) is 43.7 Å². The number of nitrogens with zero attached hydrogens (tertiary/aromatic N) is 5. The predicted octanol–water partition coefficient (Wildman–Crippen LogP) is 7.32. The number of hydrogen-bond donors (Lipinski definition) is 1.